The van der Waals surface area contributed by atoms with E-state index >= 15 is 0 Å². The van der Waals surface area contributed by atoms with E-state index in [9.17, 15) is 9.59 Å². The van der Waals surface area contributed by atoms with Crippen LogP contribution in [0.5, 0.6) is 0 Å². The van der Waals surface area contributed by atoms with Crippen LogP contribution >= 0.6 is 34.5 Å². The number of rotatable bonds is 4. The molecule has 0 aliphatic carbocycles. The Kier molecular flexibility index (Phi) is 6.17. The molecule has 1 N–H and O–H groups in total. The highest BCUT2D eigenvalue weighted by atomic mass is 35.5. The van der Waals surface area contributed by atoms with Crippen LogP contribution in [-0.4, -0.2) is 20.5 Å². The van der Waals surface area contributed by atoms with Gasteiger partial charge in [0, 0.05) is 22.1 Å². The number of hydrogen-bond donors (Lipinski definition) is 1. The van der Waals surface area contributed by atoms with E-state index in [2.05, 4.69) is 10.1 Å². The second-order valence-electron chi connectivity index (χ2n) is 7.73. The lowest BCUT2D eigenvalue weighted by molar-refractivity contribution is -0.119. The number of carbonyl (C=O) groups excluding carboxylic acids is 1. The highest BCUT2D eigenvalue weighted by Gasteiger charge is 2.19. The minimum Gasteiger partial charge on any atom is -0.313 e. The summed E-state index contributed by atoms with van der Waals surface area (Å²) in [7, 11) is 0. The van der Waals surface area contributed by atoms with Gasteiger partial charge in [-0.1, -0.05) is 62.2 Å². The van der Waals surface area contributed by atoms with Crippen LogP contribution in [0.1, 0.15) is 37.6 Å². The number of nitrogens with zero attached hydrogens (tertiary/aromatic N) is 2. The van der Waals surface area contributed by atoms with Crippen LogP contribution in [0.25, 0.3) is 12.2 Å². The number of aromatic amines is 1. The Morgan fingerprint density at radius 2 is 1.97 bits per heavy atom. The molecule has 0 aliphatic heterocycles. The Bertz CT molecular complexity index is 1250. The molecule has 0 spiro atoms. The summed E-state index contributed by atoms with van der Waals surface area (Å²) < 4.78 is 2.63. The van der Waals surface area contributed by atoms with E-state index in [1.165, 1.54) is 17.4 Å². The molecule has 2 heterocycles. The summed E-state index contributed by atoms with van der Waals surface area (Å²) >= 11 is 14.0. The predicted molar refractivity (Wildman–Crippen MR) is 119 cm³/mol. The maximum atomic E-state index is 12.3. The third-order valence-corrected chi connectivity index (χ3v) is 6.08. The summed E-state index contributed by atoms with van der Waals surface area (Å²) in [5.41, 5.74) is 1.49. The molecule has 0 amide bonds. The van der Waals surface area contributed by atoms with Crippen molar-refractivity contribution in [2.75, 3.05) is 0 Å². The SMILES string of the molecule is Cc1nn(Cc2ccccc2Cl)c(Cl)c1/C=c1\s/c(=C\C(=O)C(C)(C)C)[nH]c1=O. The maximum Gasteiger partial charge on any atom is 0.266 e. The molecular weight excluding hydrogens is 429 g/mol. The van der Waals surface area contributed by atoms with Gasteiger partial charge in [0.1, 0.15) is 5.15 Å². The van der Waals surface area contributed by atoms with Gasteiger partial charge in [-0.3, -0.25) is 9.59 Å². The molecule has 0 radical (unpaired) electrons. The van der Waals surface area contributed by atoms with Crippen LogP contribution in [0.3, 0.4) is 0 Å². The van der Waals surface area contributed by atoms with Crippen molar-refractivity contribution < 1.29 is 4.79 Å². The molecule has 0 atom stereocenters. The number of carbonyl (C=O) groups is 1. The molecule has 5 nitrogen and oxygen atoms in total. The van der Waals surface area contributed by atoms with Gasteiger partial charge in [-0.25, -0.2) is 4.68 Å². The fourth-order valence-corrected chi connectivity index (χ4v) is 3.97. The van der Waals surface area contributed by atoms with E-state index in [1.807, 2.05) is 52.0 Å². The molecule has 3 rings (SSSR count). The molecule has 152 valence electrons. The van der Waals surface area contributed by atoms with Crippen molar-refractivity contribution in [1.29, 1.82) is 0 Å². The molecule has 2 aromatic heterocycles. The zero-order valence-electron chi connectivity index (χ0n) is 16.5. The molecule has 8 heteroatoms. The topological polar surface area (TPSA) is 67.8 Å². The number of H-pyrrole nitrogens is 1. The molecule has 0 aliphatic rings. The average molecular weight is 450 g/mol. The van der Waals surface area contributed by atoms with Crippen molar-refractivity contribution in [3.63, 3.8) is 0 Å². The molecule has 0 bridgehead atoms. The number of Topliss-reactive ketones (excluding diaryl/α,β-unsaturated/α-hetero) is 1. The Morgan fingerprint density at radius 1 is 1.28 bits per heavy atom. The quantitative estimate of drug-likeness (QED) is 0.662. The number of aryl methyl sites for hydroxylation is 1. The first kappa shape index (κ1) is 21.6. The lowest BCUT2D eigenvalue weighted by atomic mass is 9.91. The summed E-state index contributed by atoms with van der Waals surface area (Å²) in [6.45, 7) is 7.76. The molecule has 3 aromatic rings. The van der Waals surface area contributed by atoms with Crippen molar-refractivity contribution >= 4 is 52.5 Å². The van der Waals surface area contributed by atoms with Crippen LogP contribution in [0.4, 0.5) is 0 Å². The van der Waals surface area contributed by atoms with Crippen molar-refractivity contribution in [2.45, 2.75) is 34.2 Å². The summed E-state index contributed by atoms with van der Waals surface area (Å²) in [5.74, 6) is -0.0525. The summed E-state index contributed by atoms with van der Waals surface area (Å²) in [6.07, 6.45) is 3.18. The molecular formula is C21H21Cl2N3O2S. The Balaban J connectivity index is 2.01. The molecule has 1 aromatic carbocycles. The first-order valence-corrected chi connectivity index (χ1v) is 10.6. The number of thiazole rings is 1. The fraction of sp³-hybridized carbons (Fsp3) is 0.286. The van der Waals surface area contributed by atoms with Crippen LogP contribution in [-0.2, 0) is 11.3 Å². The second-order valence-corrected chi connectivity index (χ2v) is 9.58. The van der Waals surface area contributed by atoms with Gasteiger partial charge in [-0.2, -0.15) is 5.10 Å². The summed E-state index contributed by atoms with van der Waals surface area (Å²) in [5, 5.41) is 5.55. The van der Waals surface area contributed by atoms with Crippen molar-refractivity contribution in [3.05, 3.63) is 70.8 Å². The zero-order chi connectivity index (χ0) is 21.3. The molecule has 0 saturated heterocycles. The zero-order valence-corrected chi connectivity index (χ0v) is 18.9. The van der Waals surface area contributed by atoms with Gasteiger partial charge in [0.2, 0.25) is 0 Å². The van der Waals surface area contributed by atoms with Crippen LogP contribution in [0.2, 0.25) is 10.2 Å². The lowest BCUT2D eigenvalue weighted by Crippen LogP contribution is -2.22. The van der Waals surface area contributed by atoms with Gasteiger partial charge in [-0.05, 0) is 24.6 Å². The van der Waals surface area contributed by atoms with E-state index in [0.717, 1.165) is 5.56 Å². The largest absolute Gasteiger partial charge is 0.313 e. The van der Waals surface area contributed by atoms with E-state index in [1.54, 1.807) is 10.8 Å². The molecule has 0 unspecified atom stereocenters. The monoisotopic (exact) mass is 449 g/mol. The van der Waals surface area contributed by atoms with Crippen LogP contribution in [0.15, 0.2) is 29.1 Å². The van der Waals surface area contributed by atoms with E-state index < -0.39 is 5.41 Å². The Hall–Kier alpha value is -2.15. The number of benzene rings is 1. The highest BCUT2D eigenvalue weighted by molar-refractivity contribution is 7.07. The normalized spacial score (nSPS) is 13.3. The van der Waals surface area contributed by atoms with Gasteiger partial charge < -0.3 is 4.98 Å². The Labute approximate surface area is 182 Å². The van der Waals surface area contributed by atoms with Crippen LogP contribution < -0.4 is 14.8 Å². The number of halogens is 2. The van der Waals surface area contributed by atoms with Gasteiger partial charge in [0.05, 0.1) is 21.4 Å². The van der Waals surface area contributed by atoms with E-state index in [0.29, 0.717) is 37.2 Å². The average Bonchev–Trinajstić information content (AvgIpc) is 3.10. The maximum absolute atomic E-state index is 12.3. The summed E-state index contributed by atoms with van der Waals surface area (Å²) in [4.78, 5) is 27.3. The molecule has 0 saturated carbocycles. The van der Waals surface area contributed by atoms with Crippen molar-refractivity contribution in [3.8, 4) is 0 Å². The molecule has 29 heavy (non-hydrogen) atoms. The van der Waals surface area contributed by atoms with E-state index in [-0.39, 0.29) is 11.3 Å². The first-order valence-electron chi connectivity index (χ1n) is 8.99. The van der Waals surface area contributed by atoms with Gasteiger partial charge >= 0.3 is 0 Å². The van der Waals surface area contributed by atoms with Crippen molar-refractivity contribution in [1.82, 2.24) is 14.8 Å². The second kappa shape index (κ2) is 8.30. The predicted octanol–water partition coefficient (Wildman–Crippen LogP) is 3.52. The van der Waals surface area contributed by atoms with Gasteiger partial charge in [0.15, 0.2) is 5.78 Å². The highest BCUT2D eigenvalue weighted by Crippen LogP contribution is 2.23. The fourth-order valence-electron chi connectivity index (χ4n) is 2.61. The summed E-state index contributed by atoms with van der Waals surface area (Å²) in [6, 6.07) is 7.50. The van der Waals surface area contributed by atoms with E-state index in [4.69, 9.17) is 23.2 Å². The Morgan fingerprint density at radius 3 is 2.62 bits per heavy atom. The minimum absolute atomic E-state index is 0.0525. The molecule has 0 fully saturated rings. The third-order valence-electron chi connectivity index (χ3n) is 4.34. The number of nitrogens with one attached hydrogen (secondary N) is 1. The minimum atomic E-state index is -0.509. The standard InChI is InChI=1S/C21H21Cl2N3O2S/c1-12-14(19(23)26(25-12)11-13-7-5-6-8-15(13)22)9-16-20(28)24-18(29-16)10-17(27)21(2,3)4/h5-10H,11H2,1-4H3,(H,24,28)/b16-9-,18-10-. The lowest BCUT2D eigenvalue weighted by Gasteiger charge is -2.12. The first-order chi connectivity index (χ1) is 13.6. The van der Waals surface area contributed by atoms with Crippen LogP contribution in [0, 0.1) is 12.3 Å². The van der Waals surface area contributed by atoms with Gasteiger partial charge in [0.25, 0.3) is 5.56 Å². The van der Waals surface area contributed by atoms with Gasteiger partial charge in [-0.15, -0.1) is 11.3 Å². The van der Waals surface area contributed by atoms with Crippen molar-refractivity contribution in [2.24, 2.45) is 5.41 Å². The third kappa shape index (κ3) is 4.89. The number of hydrogen-bond acceptors (Lipinski definition) is 4. The smallest absolute Gasteiger partial charge is 0.266 e. The number of ketones is 1. The number of aromatic nitrogens is 3.